The third-order valence-electron chi connectivity index (χ3n) is 4.27. The number of ether oxygens (including phenoxy) is 2. The topological polar surface area (TPSA) is 99.9 Å². The molecule has 0 heterocycles. The van der Waals surface area contributed by atoms with Crippen LogP contribution in [-0.4, -0.2) is 44.0 Å². The fourth-order valence-corrected chi connectivity index (χ4v) is 3.08. The first-order chi connectivity index (χ1) is 14.9. The molecule has 1 N–H and O–H groups in total. The Balaban J connectivity index is 1.81. The Morgan fingerprint density at radius 2 is 1.94 bits per heavy atom. The second-order valence-electron chi connectivity index (χ2n) is 6.61. The van der Waals surface area contributed by atoms with Gasteiger partial charge in [0.15, 0.2) is 0 Å². The van der Waals surface area contributed by atoms with E-state index in [4.69, 9.17) is 21.1 Å². The highest BCUT2D eigenvalue weighted by molar-refractivity contribution is 6.33. The number of halogens is 2. The van der Waals surface area contributed by atoms with E-state index in [1.54, 1.807) is 6.07 Å². The number of esters is 1. The summed E-state index contributed by atoms with van der Waals surface area (Å²) in [5, 5.41) is 12.4. The third kappa shape index (κ3) is 8.77. The molecule has 2 aromatic rings. The van der Waals surface area contributed by atoms with E-state index in [-0.39, 0.29) is 38.5 Å². The van der Waals surface area contributed by atoms with E-state index in [0.717, 1.165) is 16.7 Å². The van der Waals surface area contributed by atoms with Crippen molar-refractivity contribution in [2.45, 2.75) is 19.8 Å². The number of carbonyl (C=O) groups is 1. The van der Waals surface area contributed by atoms with E-state index >= 15 is 0 Å². The maximum Gasteiger partial charge on any atom is 0.310 e. The lowest BCUT2D eigenvalue weighted by molar-refractivity contribution is -0.758. The number of carbonyl (C=O) groups excluding carboxylic acids is 1. The first kappa shape index (κ1) is 24.4. The average Bonchev–Trinajstić information content (AvgIpc) is 2.70. The largest absolute Gasteiger partial charge is 0.463 e. The van der Waals surface area contributed by atoms with E-state index in [0.29, 0.717) is 18.0 Å². The number of nitrogens with one attached hydrogen (secondary N) is 1. The number of hydrogen-bond acceptors (Lipinski definition) is 7. The molecule has 0 bridgehead atoms. The molecule has 0 radical (unpaired) electrons. The molecule has 0 aliphatic carbocycles. The van der Waals surface area contributed by atoms with Crippen LogP contribution < -0.4 is 5.32 Å². The molecule has 0 saturated carbocycles. The molecule has 8 nitrogen and oxygen atoms in total. The summed E-state index contributed by atoms with van der Waals surface area (Å²) in [6, 6.07) is 10.3. The molecule has 0 saturated heterocycles. The molecule has 0 amide bonds. The average molecular weight is 455 g/mol. The highest BCUT2D eigenvalue weighted by Gasteiger charge is 2.11. The predicted octanol–water partition coefficient (Wildman–Crippen LogP) is 3.75. The van der Waals surface area contributed by atoms with Crippen LogP contribution in [0, 0.1) is 22.9 Å². The minimum Gasteiger partial charge on any atom is -0.463 e. The molecule has 2 aromatic carbocycles. The normalized spacial score (nSPS) is 10.5. The van der Waals surface area contributed by atoms with Gasteiger partial charge in [-0.15, -0.1) is 10.1 Å². The maximum atomic E-state index is 13.9. The number of aryl methyl sites for hydroxylation is 1. The fourth-order valence-electron chi connectivity index (χ4n) is 2.85. The molecular formula is C21H24ClFN2O6. The molecule has 0 aromatic heterocycles. The number of anilines is 1. The molecule has 168 valence electrons. The maximum absolute atomic E-state index is 13.9. The summed E-state index contributed by atoms with van der Waals surface area (Å²) in [5.74, 6) is -0.838. The molecule has 2 rings (SSSR count). The van der Waals surface area contributed by atoms with Gasteiger partial charge in [-0.05, 0) is 36.6 Å². The lowest BCUT2D eigenvalue weighted by Crippen LogP contribution is -2.16. The summed E-state index contributed by atoms with van der Waals surface area (Å²) in [6.45, 7) is 2.36. The van der Waals surface area contributed by atoms with Crippen molar-refractivity contribution in [1.82, 2.24) is 0 Å². The lowest BCUT2D eigenvalue weighted by atomic mass is 9.99. The van der Waals surface area contributed by atoms with E-state index < -0.39 is 16.9 Å². The summed E-state index contributed by atoms with van der Waals surface area (Å²) < 4.78 is 24.1. The molecule has 0 unspecified atom stereocenters. The molecule has 0 aliphatic heterocycles. The number of hydrogen-bond donors (Lipinski definition) is 1. The minimum absolute atomic E-state index is 0.0274. The van der Waals surface area contributed by atoms with Crippen LogP contribution in [0.5, 0.6) is 0 Å². The Morgan fingerprint density at radius 3 is 2.68 bits per heavy atom. The van der Waals surface area contributed by atoms with Gasteiger partial charge in [-0.1, -0.05) is 41.4 Å². The van der Waals surface area contributed by atoms with Gasteiger partial charge < -0.3 is 19.6 Å². The number of rotatable bonds is 13. The highest BCUT2D eigenvalue weighted by atomic mass is 35.5. The zero-order valence-corrected chi connectivity index (χ0v) is 17.8. The molecule has 31 heavy (non-hydrogen) atoms. The van der Waals surface area contributed by atoms with Crippen LogP contribution in [0.3, 0.4) is 0 Å². The number of nitrogens with zero attached hydrogens (tertiary/aromatic N) is 1. The lowest BCUT2D eigenvalue weighted by Gasteiger charge is -2.13. The predicted molar refractivity (Wildman–Crippen MR) is 113 cm³/mol. The van der Waals surface area contributed by atoms with Gasteiger partial charge in [0.2, 0.25) is 0 Å². The van der Waals surface area contributed by atoms with Crippen molar-refractivity contribution in [2.24, 2.45) is 0 Å². The number of para-hydroxylation sites is 1. The molecule has 10 heteroatoms. The third-order valence-corrected chi connectivity index (χ3v) is 4.59. The van der Waals surface area contributed by atoms with E-state index in [1.165, 1.54) is 12.1 Å². The Hall–Kier alpha value is -2.91. The minimum atomic E-state index is -0.900. The molecule has 0 aliphatic rings. The van der Waals surface area contributed by atoms with Crippen molar-refractivity contribution in [3.05, 3.63) is 74.0 Å². The highest BCUT2D eigenvalue weighted by Crippen LogP contribution is 2.24. The van der Waals surface area contributed by atoms with E-state index in [1.807, 2.05) is 25.1 Å². The second kappa shape index (κ2) is 12.7. The standard InChI is InChI=1S/C21H24ClFN2O6/c1-15-5-6-16(7-8-24-21-18(22)3-2-4-19(21)23)17(13-15)14-20(26)30-11-9-29-10-12-31-25(27)28/h2-6,13,24H,7-12,14H2,1H3. The monoisotopic (exact) mass is 454 g/mol. The first-order valence-corrected chi connectivity index (χ1v) is 10.0. The summed E-state index contributed by atoms with van der Waals surface area (Å²) in [5.41, 5.74) is 3.02. The molecule has 0 atom stereocenters. The summed E-state index contributed by atoms with van der Waals surface area (Å²) in [4.78, 5) is 26.3. The fraction of sp³-hybridized carbons (Fsp3) is 0.381. The van der Waals surface area contributed by atoms with Gasteiger partial charge in [0.05, 0.1) is 30.3 Å². The van der Waals surface area contributed by atoms with Gasteiger partial charge in [-0.2, -0.15) is 0 Å². The van der Waals surface area contributed by atoms with Gasteiger partial charge in [0.1, 0.15) is 19.0 Å². The Bertz CT molecular complexity index is 876. The van der Waals surface area contributed by atoms with Gasteiger partial charge >= 0.3 is 5.97 Å². The van der Waals surface area contributed by atoms with Crippen molar-refractivity contribution in [3.8, 4) is 0 Å². The van der Waals surface area contributed by atoms with Crippen LogP contribution in [-0.2, 0) is 31.9 Å². The summed E-state index contributed by atoms with van der Waals surface area (Å²) in [7, 11) is 0. The van der Waals surface area contributed by atoms with Crippen LogP contribution in [0.4, 0.5) is 10.1 Å². The zero-order chi connectivity index (χ0) is 22.6. The summed E-state index contributed by atoms with van der Waals surface area (Å²) in [6.07, 6.45) is 0.648. The van der Waals surface area contributed by atoms with Crippen LogP contribution in [0.15, 0.2) is 36.4 Å². The van der Waals surface area contributed by atoms with Gasteiger partial charge in [0, 0.05) is 6.54 Å². The van der Waals surface area contributed by atoms with Crippen LogP contribution in [0.2, 0.25) is 5.02 Å². The van der Waals surface area contributed by atoms with Crippen LogP contribution >= 0.6 is 11.6 Å². The summed E-state index contributed by atoms with van der Waals surface area (Å²) >= 11 is 6.02. The van der Waals surface area contributed by atoms with Crippen LogP contribution in [0.25, 0.3) is 0 Å². The van der Waals surface area contributed by atoms with Crippen LogP contribution in [0.1, 0.15) is 16.7 Å². The quantitative estimate of drug-likeness (QED) is 0.213. The molecule has 0 spiro atoms. The Labute approximate surface area is 184 Å². The van der Waals surface area contributed by atoms with E-state index in [9.17, 15) is 19.3 Å². The first-order valence-electron chi connectivity index (χ1n) is 9.63. The van der Waals surface area contributed by atoms with E-state index in [2.05, 4.69) is 10.2 Å². The van der Waals surface area contributed by atoms with Crippen molar-refractivity contribution in [1.29, 1.82) is 0 Å². The van der Waals surface area contributed by atoms with Gasteiger partial charge in [-0.3, -0.25) is 4.79 Å². The SMILES string of the molecule is Cc1ccc(CCNc2c(F)cccc2Cl)c(CC(=O)OCCOCCO[N+](=O)[O-])c1. The second-order valence-corrected chi connectivity index (χ2v) is 7.02. The molecular weight excluding hydrogens is 431 g/mol. The van der Waals surface area contributed by atoms with Crippen molar-refractivity contribution in [2.75, 3.05) is 38.3 Å². The smallest absolute Gasteiger partial charge is 0.310 e. The van der Waals surface area contributed by atoms with Crippen molar-refractivity contribution in [3.63, 3.8) is 0 Å². The molecule has 0 fully saturated rings. The Kier molecular flexibility index (Phi) is 9.99. The number of benzene rings is 2. The zero-order valence-electron chi connectivity index (χ0n) is 17.1. The van der Waals surface area contributed by atoms with Crippen molar-refractivity contribution >= 4 is 23.3 Å². The van der Waals surface area contributed by atoms with Gasteiger partial charge in [-0.25, -0.2) is 4.39 Å². The Morgan fingerprint density at radius 1 is 1.16 bits per heavy atom. The van der Waals surface area contributed by atoms with Gasteiger partial charge in [0.25, 0.3) is 5.09 Å². The van der Waals surface area contributed by atoms with Crippen molar-refractivity contribution < 1.29 is 28.6 Å².